The number of carboxylic acid groups (broad SMARTS) is 2. The quantitative estimate of drug-likeness (QED) is 0.603. The van der Waals surface area contributed by atoms with Crippen molar-refractivity contribution in [2.75, 3.05) is 6.61 Å². The molecule has 0 amide bonds. The van der Waals surface area contributed by atoms with Crippen molar-refractivity contribution < 1.29 is 29.3 Å². The molecule has 92 valence electrons. The molecule has 1 unspecified atom stereocenters. The highest BCUT2D eigenvalue weighted by Gasteiger charge is 2.20. The molecule has 6 nitrogen and oxygen atoms in total. The molecule has 2 N–H and O–H groups in total. The summed E-state index contributed by atoms with van der Waals surface area (Å²) in [5.74, 6) is -3.61. The summed E-state index contributed by atoms with van der Waals surface area (Å²) >= 11 is 0. The van der Waals surface area contributed by atoms with Gasteiger partial charge in [0.05, 0.1) is 5.92 Å². The fourth-order valence-electron chi connectivity index (χ4n) is 1.05. The van der Waals surface area contributed by atoms with E-state index in [-0.39, 0.29) is 25.9 Å². The zero-order chi connectivity index (χ0) is 12.6. The molecule has 16 heavy (non-hydrogen) atoms. The Morgan fingerprint density at radius 3 is 2.25 bits per heavy atom. The molecule has 0 aliphatic heterocycles. The Morgan fingerprint density at radius 1 is 1.19 bits per heavy atom. The number of carbonyl (C=O) groups is 3. The van der Waals surface area contributed by atoms with Crippen LogP contribution in [-0.4, -0.2) is 34.7 Å². The summed E-state index contributed by atoms with van der Waals surface area (Å²) in [7, 11) is 0. The van der Waals surface area contributed by atoms with Gasteiger partial charge in [-0.15, -0.1) is 0 Å². The second-order valence-electron chi connectivity index (χ2n) is 3.40. The molecule has 0 aromatic carbocycles. The van der Waals surface area contributed by atoms with Gasteiger partial charge >= 0.3 is 17.9 Å². The van der Waals surface area contributed by atoms with Crippen LogP contribution in [0.1, 0.15) is 32.6 Å². The van der Waals surface area contributed by atoms with Gasteiger partial charge in [-0.05, 0) is 12.8 Å². The van der Waals surface area contributed by atoms with Crippen LogP contribution in [0.2, 0.25) is 0 Å². The second kappa shape index (κ2) is 7.67. The molecule has 0 heterocycles. The molecule has 0 spiro atoms. The number of hydrogen-bond acceptors (Lipinski definition) is 4. The topological polar surface area (TPSA) is 101 Å². The summed E-state index contributed by atoms with van der Waals surface area (Å²) in [5.41, 5.74) is 0. The lowest BCUT2D eigenvalue weighted by Crippen LogP contribution is -2.22. The van der Waals surface area contributed by atoms with Crippen molar-refractivity contribution in [1.82, 2.24) is 0 Å². The minimum absolute atomic E-state index is 0.0376. The summed E-state index contributed by atoms with van der Waals surface area (Å²) in [6.07, 6.45) is 0.587. The number of ether oxygens (including phenoxy) is 1. The molecule has 0 saturated carbocycles. The van der Waals surface area contributed by atoms with Crippen molar-refractivity contribution >= 4 is 17.9 Å². The summed E-state index contributed by atoms with van der Waals surface area (Å²) in [6, 6.07) is 0. The average Bonchev–Trinajstić information content (AvgIpc) is 2.17. The van der Waals surface area contributed by atoms with Crippen LogP contribution in [-0.2, 0) is 19.1 Å². The van der Waals surface area contributed by atoms with Gasteiger partial charge in [0.15, 0.2) is 0 Å². The van der Waals surface area contributed by atoms with Crippen molar-refractivity contribution in [2.45, 2.75) is 32.6 Å². The lowest BCUT2D eigenvalue weighted by Gasteiger charge is -2.11. The molecule has 0 rings (SSSR count). The van der Waals surface area contributed by atoms with E-state index >= 15 is 0 Å². The molecule has 0 bridgehead atoms. The number of hydrogen-bond donors (Lipinski definition) is 2. The van der Waals surface area contributed by atoms with Gasteiger partial charge in [-0.3, -0.25) is 14.4 Å². The van der Waals surface area contributed by atoms with Crippen LogP contribution in [0.5, 0.6) is 0 Å². The predicted molar refractivity (Wildman–Crippen MR) is 53.9 cm³/mol. The van der Waals surface area contributed by atoms with Crippen LogP contribution in [0.3, 0.4) is 0 Å². The van der Waals surface area contributed by atoms with Crippen molar-refractivity contribution in [3.05, 3.63) is 0 Å². The van der Waals surface area contributed by atoms with E-state index in [1.165, 1.54) is 0 Å². The number of carbonyl (C=O) groups excluding carboxylic acids is 1. The smallest absolute Gasteiger partial charge is 0.309 e. The van der Waals surface area contributed by atoms with E-state index < -0.39 is 23.8 Å². The van der Waals surface area contributed by atoms with Crippen LogP contribution in [0.4, 0.5) is 0 Å². The Balaban J connectivity index is 3.99. The Labute approximate surface area is 93.2 Å². The molecule has 1 atom stereocenters. The zero-order valence-electron chi connectivity index (χ0n) is 9.14. The lowest BCUT2D eigenvalue weighted by molar-refractivity contribution is -0.151. The van der Waals surface area contributed by atoms with E-state index in [0.717, 1.165) is 0 Å². The largest absolute Gasteiger partial charge is 0.481 e. The first kappa shape index (κ1) is 14.4. The summed E-state index contributed by atoms with van der Waals surface area (Å²) in [6.45, 7) is 1.54. The fourth-order valence-corrected chi connectivity index (χ4v) is 1.05. The zero-order valence-corrected chi connectivity index (χ0v) is 9.14. The number of aliphatic carboxylic acids is 2. The Bertz CT molecular complexity index is 260. The molecule has 0 radical (unpaired) electrons. The minimum Gasteiger partial charge on any atom is -0.481 e. The Kier molecular flexibility index (Phi) is 6.91. The van der Waals surface area contributed by atoms with Crippen LogP contribution in [0, 0.1) is 5.92 Å². The van der Waals surface area contributed by atoms with E-state index in [2.05, 4.69) is 0 Å². The van der Waals surface area contributed by atoms with Crippen LogP contribution >= 0.6 is 0 Å². The average molecular weight is 232 g/mol. The molecule has 0 saturated heterocycles. The van der Waals surface area contributed by atoms with Gasteiger partial charge in [0.2, 0.25) is 0 Å². The molecular weight excluding hydrogens is 216 g/mol. The van der Waals surface area contributed by atoms with Crippen molar-refractivity contribution in [1.29, 1.82) is 0 Å². The van der Waals surface area contributed by atoms with Crippen molar-refractivity contribution in [3.63, 3.8) is 0 Å². The summed E-state index contributed by atoms with van der Waals surface area (Å²) in [4.78, 5) is 31.9. The highest BCUT2D eigenvalue weighted by atomic mass is 16.5. The van der Waals surface area contributed by atoms with Crippen molar-refractivity contribution in [3.8, 4) is 0 Å². The second-order valence-corrected chi connectivity index (χ2v) is 3.40. The molecule has 0 aromatic rings. The van der Waals surface area contributed by atoms with E-state index in [0.29, 0.717) is 6.42 Å². The highest BCUT2D eigenvalue weighted by Crippen LogP contribution is 2.08. The number of esters is 1. The van der Waals surface area contributed by atoms with E-state index in [1.54, 1.807) is 6.92 Å². The van der Waals surface area contributed by atoms with Crippen molar-refractivity contribution in [2.24, 2.45) is 5.92 Å². The molecule has 0 fully saturated rings. The normalized spacial score (nSPS) is 11.8. The van der Waals surface area contributed by atoms with Crippen LogP contribution in [0.15, 0.2) is 0 Å². The van der Waals surface area contributed by atoms with E-state index in [1.807, 2.05) is 0 Å². The Morgan fingerprint density at radius 2 is 1.81 bits per heavy atom. The molecule has 0 aromatic heterocycles. The number of rotatable bonds is 8. The fraction of sp³-hybridized carbons (Fsp3) is 0.700. The van der Waals surface area contributed by atoms with Gasteiger partial charge in [0.1, 0.15) is 6.61 Å². The Hall–Kier alpha value is -1.59. The number of carboxylic acids is 2. The SMILES string of the molecule is CCCC(=O)OCC(CCC(=O)O)C(=O)O. The lowest BCUT2D eigenvalue weighted by atomic mass is 10.1. The van der Waals surface area contributed by atoms with Crippen LogP contribution < -0.4 is 0 Å². The van der Waals surface area contributed by atoms with Gasteiger partial charge in [-0.25, -0.2) is 0 Å². The van der Waals surface area contributed by atoms with Gasteiger partial charge in [0.25, 0.3) is 0 Å². The highest BCUT2D eigenvalue weighted by molar-refractivity contribution is 5.73. The van der Waals surface area contributed by atoms with Gasteiger partial charge in [-0.1, -0.05) is 6.92 Å². The molecule has 6 heteroatoms. The monoisotopic (exact) mass is 232 g/mol. The van der Waals surface area contributed by atoms with Gasteiger partial charge < -0.3 is 14.9 Å². The minimum atomic E-state index is -1.15. The molecular formula is C10H16O6. The van der Waals surface area contributed by atoms with E-state index in [9.17, 15) is 14.4 Å². The third-order valence-electron chi connectivity index (χ3n) is 1.96. The predicted octanol–water partition coefficient (Wildman–Crippen LogP) is 0.895. The standard InChI is InChI=1S/C10H16O6/c1-2-3-9(13)16-6-7(10(14)15)4-5-8(11)12/h7H,2-6H2,1H3,(H,11,12)(H,14,15). The summed E-state index contributed by atoms with van der Waals surface area (Å²) < 4.78 is 4.73. The third kappa shape index (κ3) is 6.80. The summed E-state index contributed by atoms with van der Waals surface area (Å²) in [5, 5.41) is 17.1. The van der Waals surface area contributed by atoms with E-state index in [4.69, 9.17) is 14.9 Å². The maximum absolute atomic E-state index is 11.0. The van der Waals surface area contributed by atoms with Crippen LogP contribution in [0.25, 0.3) is 0 Å². The maximum atomic E-state index is 11.0. The molecule has 0 aliphatic carbocycles. The molecule has 0 aliphatic rings. The maximum Gasteiger partial charge on any atom is 0.309 e. The first-order chi connectivity index (χ1) is 7.47. The van der Waals surface area contributed by atoms with Gasteiger partial charge in [-0.2, -0.15) is 0 Å². The first-order valence-electron chi connectivity index (χ1n) is 5.07. The third-order valence-corrected chi connectivity index (χ3v) is 1.96. The first-order valence-corrected chi connectivity index (χ1v) is 5.07. The van der Waals surface area contributed by atoms with Gasteiger partial charge in [0, 0.05) is 12.8 Å².